The van der Waals surface area contributed by atoms with Gasteiger partial charge in [0, 0.05) is 0 Å². The van der Waals surface area contributed by atoms with Crippen LogP contribution in [0.4, 0.5) is 0 Å². The van der Waals surface area contributed by atoms with E-state index in [-0.39, 0.29) is 35.1 Å². The second-order valence-electron chi connectivity index (χ2n) is 5.76. The topological polar surface area (TPSA) is 136 Å². The maximum Gasteiger partial charge on any atom is 0.342 e. The Bertz CT molecular complexity index is 1060. The summed E-state index contributed by atoms with van der Waals surface area (Å²) < 4.78 is 15.5. The van der Waals surface area contributed by atoms with Gasteiger partial charge in [-0.15, -0.1) is 0 Å². The molecule has 0 heterocycles. The van der Waals surface area contributed by atoms with Crippen molar-refractivity contribution in [1.29, 1.82) is 0 Å². The van der Waals surface area contributed by atoms with Crippen LogP contribution in [0.2, 0.25) is 10.0 Å². The summed E-state index contributed by atoms with van der Waals surface area (Å²) in [7, 11) is 0. The molecule has 2 aromatic carbocycles. The summed E-state index contributed by atoms with van der Waals surface area (Å²) in [4.78, 5) is 48.2. The maximum absolute atomic E-state index is 12.6. The fourth-order valence-electron chi connectivity index (χ4n) is 2.60. The average molecular weight is 471 g/mol. The predicted molar refractivity (Wildman–Crippen MR) is 109 cm³/mol. The number of carboxylic acid groups (broad SMARTS) is 2. The van der Waals surface area contributed by atoms with Gasteiger partial charge in [-0.3, -0.25) is 0 Å². The molecule has 11 heteroatoms. The van der Waals surface area contributed by atoms with E-state index in [1.165, 1.54) is 18.2 Å². The lowest BCUT2D eigenvalue weighted by atomic mass is 10.0. The van der Waals surface area contributed by atoms with E-state index in [2.05, 4.69) is 0 Å². The van der Waals surface area contributed by atoms with Crippen LogP contribution in [0, 0.1) is 0 Å². The lowest BCUT2D eigenvalue weighted by Crippen LogP contribution is -2.16. The van der Waals surface area contributed by atoms with Crippen LogP contribution in [0.5, 0.6) is 11.5 Å². The monoisotopic (exact) mass is 470 g/mol. The summed E-state index contributed by atoms with van der Waals surface area (Å²) in [6, 6.07) is 4.75. The molecule has 31 heavy (non-hydrogen) atoms. The lowest BCUT2D eigenvalue weighted by Gasteiger charge is -2.17. The van der Waals surface area contributed by atoms with Crippen LogP contribution in [-0.4, -0.2) is 47.3 Å². The van der Waals surface area contributed by atoms with Crippen LogP contribution in [0.25, 0.3) is 0 Å². The quantitative estimate of drug-likeness (QED) is 0.532. The summed E-state index contributed by atoms with van der Waals surface area (Å²) >= 11 is 12.0. The Kier molecular flexibility index (Phi) is 7.84. The molecule has 2 rings (SSSR count). The van der Waals surface area contributed by atoms with Crippen LogP contribution in [-0.2, 0) is 9.47 Å². The van der Waals surface area contributed by atoms with Crippen LogP contribution in [0.3, 0.4) is 0 Å². The van der Waals surface area contributed by atoms with Gasteiger partial charge >= 0.3 is 23.9 Å². The highest BCUT2D eigenvalue weighted by atomic mass is 35.5. The number of aromatic carboxylic acids is 2. The molecule has 0 saturated carbocycles. The Hall–Kier alpha value is -3.30. The molecule has 0 aromatic heterocycles. The minimum Gasteiger partial charge on any atom is -0.478 e. The van der Waals surface area contributed by atoms with Crippen molar-refractivity contribution in [3.05, 3.63) is 56.6 Å². The summed E-state index contributed by atoms with van der Waals surface area (Å²) in [5, 5.41) is 18.2. The number of rotatable bonds is 8. The van der Waals surface area contributed by atoms with Crippen molar-refractivity contribution in [1.82, 2.24) is 0 Å². The van der Waals surface area contributed by atoms with E-state index in [0.717, 1.165) is 6.07 Å². The highest BCUT2D eigenvalue weighted by Gasteiger charge is 2.30. The zero-order chi connectivity index (χ0) is 23.3. The van der Waals surface area contributed by atoms with Crippen molar-refractivity contribution in [3.8, 4) is 11.5 Å². The van der Waals surface area contributed by atoms with E-state index >= 15 is 0 Å². The second kappa shape index (κ2) is 10.1. The summed E-state index contributed by atoms with van der Waals surface area (Å²) in [6.07, 6.45) is 0. The molecule has 0 aliphatic rings. The molecule has 2 N–H and O–H groups in total. The number of carbonyl (C=O) groups is 4. The van der Waals surface area contributed by atoms with E-state index in [1.807, 2.05) is 0 Å². The van der Waals surface area contributed by atoms with Crippen molar-refractivity contribution in [2.75, 3.05) is 13.2 Å². The molecule has 0 amide bonds. The standard InChI is InChI=1S/C20H16Cl2O9/c1-3-29-19(27)9-6-5-7-12(13(9)20(28)30-4-2)31-16-14(18(25)26)10(17(23)24)8-11(21)15(16)22/h5-8H,3-4H2,1-2H3,(H,23,24)(H,25,26). The van der Waals surface area contributed by atoms with Crippen LogP contribution >= 0.6 is 23.2 Å². The number of esters is 2. The van der Waals surface area contributed by atoms with Gasteiger partial charge < -0.3 is 24.4 Å². The fourth-order valence-corrected chi connectivity index (χ4v) is 2.98. The second-order valence-corrected chi connectivity index (χ2v) is 6.54. The van der Waals surface area contributed by atoms with E-state index in [1.54, 1.807) is 13.8 Å². The minimum absolute atomic E-state index is 0.0252. The van der Waals surface area contributed by atoms with E-state index < -0.39 is 45.8 Å². The van der Waals surface area contributed by atoms with Crippen molar-refractivity contribution in [3.63, 3.8) is 0 Å². The van der Waals surface area contributed by atoms with Gasteiger partial charge in [0.2, 0.25) is 0 Å². The molecule has 164 valence electrons. The first kappa shape index (κ1) is 24.0. The van der Waals surface area contributed by atoms with Gasteiger partial charge in [-0.25, -0.2) is 19.2 Å². The van der Waals surface area contributed by atoms with Crippen molar-refractivity contribution >= 4 is 47.1 Å². The van der Waals surface area contributed by atoms with Crippen LogP contribution < -0.4 is 4.74 Å². The van der Waals surface area contributed by atoms with Gasteiger partial charge in [0.25, 0.3) is 0 Å². The molecule has 9 nitrogen and oxygen atoms in total. The third-order valence-corrected chi connectivity index (χ3v) is 4.60. The number of benzene rings is 2. The van der Waals surface area contributed by atoms with Crippen LogP contribution in [0.15, 0.2) is 24.3 Å². The zero-order valence-electron chi connectivity index (χ0n) is 16.2. The van der Waals surface area contributed by atoms with Crippen molar-refractivity contribution < 1.29 is 43.6 Å². The molecule has 0 saturated heterocycles. The number of halogens is 2. The van der Waals surface area contributed by atoms with Crippen molar-refractivity contribution in [2.24, 2.45) is 0 Å². The minimum atomic E-state index is -1.66. The van der Waals surface area contributed by atoms with E-state index in [0.29, 0.717) is 0 Å². The average Bonchev–Trinajstić information content (AvgIpc) is 2.70. The first-order chi connectivity index (χ1) is 14.6. The number of ether oxygens (including phenoxy) is 3. The summed E-state index contributed by atoms with van der Waals surface area (Å²) in [5.74, 6) is -5.98. The molecular formula is C20H16Cl2O9. The van der Waals surface area contributed by atoms with Gasteiger partial charge in [0.05, 0.1) is 29.4 Å². The molecule has 0 fully saturated rings. The predicted octanol–water partition coefficient (Wildman–Crippen LogP) is 4.54. The highest BCUT2D eigenvalue weighted by Crippen LogP contribution is 2.41. The summed E-state index contributed by atoms with van der Waals surface area (Å²) in [5.41, 5.74) is -2.03. The Morgan fingerprint density at radius 2 is 1.48 bits per heavy atom. The Balaban J connectivity index is 2.78. The number of hydrogen-bond donors (Lipinski definition) is 2. The molecule has 2 aromatic rings. The van der Waals surface area contributed by atoms with Gasteiger partial charge in [0.1, 0.15) is 21.9 Å². The van der Waals surface area contributed by atoms with E-state index in [4.69, 9.17) is 37.4 Å². The van der Waals surface area contributed by atoms with E-state index in [9.17, 15) is 29.4 Å². The van der Waals surface area contributed by atoms with Gasteiger partial charge in [-0.05, 0) is 32.0 Å². The first-order valence-corrected chi connectivity index (χ1v) is 9.53. The number of carboxylic acids is 2. The number of hydrogen-bond acceptors (Lipinski definition) is 7. The first-order valence-electron chi connectivity index (χ1n) is 8.77. The third kappa shape index (κ3) is 5.07. The molecule has 0 radical (unpaired) electrons. The third-order valence-electron chi connectivity index (χ3n) is 3.83. The molecule has 0 atom stereocenters. The number of carbonyl (C=O) groups excluding carboxylic acids is 2. The molecule has 0 aliphatic carbocycles. The smallest absolute Gasteiger partial charge is 0.342 e. The fraction of sp³-hybridized carbons (Fsp3) is 0.200. The van der Waals surface area contributed by atoms with Gasteiger partial charge in [0.15, 0.2) is 5.75 Å². The SMILES string of the molecule is CCOC(=O)c1cccc(Oc2c(Cl)c(Cl)cc(C(=O)O)c2C(=O)O)c1C(=O)OCC. The van der Waals surface area contributed by atoms with Crippen molar-refractivity contribution in [2.45, 2.75) is 13.8 Å². The van der Waals surface area contributed by atoms with Gasteiger partial charge in [-0.2, -0.15) is 0 Å². The molecule has 0 unspecified atom stereocenters. The zero-order valence-corrected chi connectivity index (χ0v) is 17.7. The largest absolute Gasteiger partial charge is 0.478 e. The lowest BCUT2D eigenvalue weighted by molar-refractivity contribution is 0.0476. The molecule has 0 aliphatic heterocycles. The molecular weight excluding hydrogens is 455 g/mol. The Labute approximate surface area is 186 Å². The van der Waals surface area contributed by atoms with Crippen LogP contribution in [0.1, 0.15) is 55.3 Å². The normalized spacial score (nSPS) is 10.3. The maximum atomic E-state index is 12.6. The Morgan fingerprint density at radius 3 is 2.03 bits per heavy atom. The summed E-state index contributed by atoms with van der Waals surface area (Å²) in [6.45, 7) is 3.11. The Morgan fingerprint density at radius 1 is 0.871 bits per heavy atom. The van der Waals surface area contributed by atoms with Gasteiger partial charge in [-0.1, -0.05) is 29.3 Å². The highest BCUT2D eigenvalue weighted by molar-refractivity contribution is 6.43. The molecule has 0 bridgehead atoms. The molecule has 0 spiro atoms.